The number of rotatable bonds is 11. The Balaban J connectivity index is 0.000000192. The zero-order valence-electron chi connectivity index (χ0n) is 54.3. The minimum atomic E-state index is -0.711. The van der Waals surface area contributed by atoms with E-state index >= 15 is 0 Å². The topological polar surface area (TPSA) is 138 Å². The number of ketones is 2. The van der Waals surface area contributed by atoms with Gasteiger partial charge in [-0.05, 0) is 237 Å². The summed E-state index contributed by atoms with van der Waals surface area (Å²) >= 11 is 2.43. The van der Waals surface area contributed by atoms with Gasteiger partial charge in [0.1, 0.15) is 0 Å². The second-order valence-electron chi connectivity index (χ2n) is 33.5. The van der Waals surface area contributed by atoms with Crippen LogP contribution in [-0.2, 0) is 23.9 Å². The summed E-state index contributed by atoms with van der Waals surface area (Å²) < 4.78 is 7.22. The fourth-order valence-corrected chi connectivity index (χ4v) is 22.6. The summed E-state index contributed by atoms with van der Waals surface area (Å²) in [5, 5.41) is 31.9. The fourth-order valence-electron chi connectivity index (χ4n) is 22.1. The lowest BCUT2D eigenvalue weighted by atomic mass is 9.33. The molecule has 0 radical (unpaired) electrons. The van der Waals surface area contributed by atoms with E-state index in [2.05, 4.69) is 133 Å². The number of esters is 1. The van der Waals surface area contributed by atoms with Crippen molar-refractivity contribution >= 4 is 46.1 Å². The molecule has 10 aliphatic rings. The summed E-state index contributed by atoms with van der Waals surface area (Å²) in [5.41, 5.74) is 0.717. The Kier molecular flexibility index (Phi) is 18.4. The number of carbonyl (C=O) groups is 4. The summed E-state index contributed by atoms with van der Waals surface area (Å²) in [6, 6.07) is 0. The first-order valence-electron chi connectivity index (χ1n) is 33.4. The van der Waals surface area contributed by atoms with Gasteiger partial charge in [0.2, 0.25) is 0 Å². The lowest BCUT2D eigenvalue weighted by Gasteiger charge is -2.70. The van der Waals surface area contributed by atoms with Crippen molar-refractivity contribution in [2.24, 2.45) is 100 Å². The van der Waals surface area contributed by atoms with E-state index in [9.17, 15) is 34.5 Å². The van der Waals surface area contributed by atoms with Crippen molar-refractivity contribution in [1.82, 2.24) is 0 Å². The number of alkyl halides is 1. The number of carboxylic acids is 1. The molecule has 10 aliphatic carbocycles. The molecule has 81 heavy (non-hydrogen) atoms. The minimum Gasteiger partial charge on any atom is -0.481 e. The number of carbonyl (C=O) groups excluding carboxylic acids is 3. The van der Waals surface area contributed by atoms with E-state index in [1.54, 1.807) is 0 Å². The number of aliphatic hydroxyl groups excluding tert-OH is 2. The first-order chi connectivity index (χ1) is 37.6. The number of unbranched alkanes of at least 4 members (excludes halogenated alkanes) is 6. The molecule has 8 saturated carbocycles. The van der Waals surface area contributed by atoms with Crippen LogP contribution < -0.4 is 0 Å². The van der Waals surface area contributed by atoms with E-state index in [1.165, 1.54) is 54.1 Å². The number of fused-ring (bicyclic) bond motifs is 14. The van der Waals surface area contributed by atoms with Gasteiger partial charge in [-0.1, -0.05) is 169 Å². The maximum absolute atomic E-state index is 14.5. The van der Waals surface area contributed by atoms with Gasteiger partial charge in [0.25, 0.3) is 0 Å². The molecule has 0 heterocycles. The van der Waals surface area contributed by atoms with Gasteiger partial charge in [0.05, 0.1) is 29.6 Å². The van der Waals surface area contributed by atoms with Crippen LogP contribution in [-0.4, -0.2) is 62.1 Å². The predicted molar refractivity (Wildman–Crippen MR) is 337 cm³/mol. The van der Waals surface area contributed by atoms with Crippen molar-refractivity contribution in [3.8, 4) is 0 Å². The van der Waals surface area contributed by atoms with Crippen LogP contribution in [0.25, 0.3) is 0 Å². The highest BCUT2D eigenvalue weighted by Gasteiger charge is 2.72. The summed E-state index contributed by atoms with van der Waals surface area (Å²) in [6.45, 7) is 37.1. The van der Waals surface area contributed by atoms with Crippen LogP contribution in [0.4, 0.5) is 0 Å². The molecule has 460 valence electrons. The molecule has 18 atom stereocenters. The number of halogens is 1. The smallest absolute Gasteiger partial charge is 0.311 e. The van der Waals surface area contributed by atoms with Crippen molar-refractivity contribution in [3.63, 3.8) is 0 Å². The van der Waals surface area contributed by atoms with Crippen LogP contribution in [0, 0.1) is 100 Å². The Hall–Kier alpha value is -1.59. The molecule has 9 heteroatoms. The number of ether oxygens (including phenoxy) is 1. The second kappa shape index (κ2) is 22.8. The Bertz CT molecular complexity index is 2440. The van der Waals surface area contributed by atoms with Crippen LogP contribution >= 0.6 is 22.6 Å². The summed E-state index contributed by atoms with van der Waals surface area (Å²) in [4.78, 5) is 54.4. The van der Waals surface area contributed by atoms with Crippen LogP contribution in [0.5, 0.6) is 0 Å². The third-order valence-electron chi connectivity index (χ3n) is 28.3. The highest BCUT2D eigenvalue weighted by Crippen LogP contribution is 2.77. The highest BCUT2D eigenvalue weighted by molar-refractivity contribution is 14.1. The van der Waals surface area contributed by atoms with Crippen LogP contribution in [0.3, 0.4) is 0 Å². The van der Waals surface area contributed by atoms with E-state index in [-0.39, 0.29) is 102 Å². The van der Waals surface area contributed by atoms with Crippen LogP contribution in [0.15, 0.2) is 23.3 Å². The van der Waals surface area contributed by atoms with Crippen molar-refractivity contribution in [2.45, 2.75) is 290 Å². The molecule has 0 aliphatic heterocycles. The molecule has 8 fully saturated rings. The van der Waals surface area contributed by atoms with E-state index in [4.69, 9.17) is 4.74 Å². The van der Waals surface area contributed by atoms with E-state index < -0.39 is 16.8 Å². The Morgan fingerprint density at radius 2 is 0.914 bits per heavy atom. The number of allylic oxidation sites excluding steroid dienone is 4. The van der Waals surface area contributed by atoms with Gasteiger partial charge in [-0.3, -0.25) is 19.2 Å². The quantitative estimate of drug-likeness (QED) is 0.0805. The number of carboxylic acid groups (broad SMARTS) is 1. The number of hydrogen-bond donors (Lipinski definition) is 3. The standard InChI is InChI=1S/C36H58O4.C30H46O4.C6H13I/c1-9-10-11-12-21-40-30(39)33(5)18-17-32(4)19-20-35(7)24(25(32)23-33)22-26(37)29-34(6)15-14-28(38)31(2,3)27(34)13-16-36(29,35)8;1-25(2)21-8-11-30(7)23(28(21,5)10-9-22(25)32)20(31)16-18-19-17-27(4,24(33)34)13-12-26(19,3)14-15-29(18,30)6;1-2-3-4-5-6-7/h22,25,27-29,38H,9-21,23H2,1-8H3;16,19,21-23,32H,8-15,17H2,1-7H3,(H,33,34);2-6H2,1H3/t25-,27+,28+,29-,32-,33+,34+,35-,36-;19-,21+,22+,23-,26-,27+,28+,29-,30-;/m11./s1. The third kappa shape index (κ3) is 10.4. The molecule has 3 N–H and O–H groups in total. The lowest BCUT2D eigenvalue weighted by Crippen LogP contribution is -2.66. The van der Waals surface area contributed by atoms with Crippen molar-refractivity contribution in [2.75, 3.05) is 11.0 Å². The van der Waals surface area contributed by atoms with E-state index in [1.807, 2.05) is 13.0 Å². The van der Waals surface area contributed by atoms with Gasteiger partial charge in [0, 0.05) is 11.8 Å². The first kappa shape index (κ1) is 65.4. The molecule has 0 saturated heterocycles. The normalized spacial score (nSPS) is 47.1. The van der Waals surface area contributed by atoms with E-state index in [0.29, 0.717) is 30.6 Å². The third-order valence-corrected chi connectivity index (χ3v) is 29.1. The Morgan fingerprint density at radius 3 is 1.32 bits per heavy atom. The lowest BCUT2D eigenvalue weighted by molar-refractivity contribution is -0.203. The maximum atomic E-state index is 14.5. The summed E-state index contributed by atoms with van der Waals surface area (Å²) in [7, 11) is 0. The Morgan fingerprint density at radius 1 is 0.519 bits per heavy atom. The number of aliphatic hydroxyl groups is 2. The molecule has 0 unspecified atom stereocenters. The molecule has 0 aromatic carbocycles. The van der Waals surface area contributed by atoms with Gasteiger partial charge in [0.15, 0.2) is 11.6 Å². The average Bonchev–Trinajstić information content (AvgIpc) is 3.57. The van der Waals surface area contributed by atoms with Gasteiger partial charge in [-0.15, -0.1) is 0 Å². The SMILES string of the molecule is CC1(C)[C@@H](O)CC[C@]2(C)[C@H]3C(=O)C=C4[C@H]5C[C@@](C)(C(=O)O)CC[C@]5(C)CC[C@@]4(C)[C@]3(C)CC[C@@H]12.CCCCCCI.CCCCCCOC(=O)[C@@]1(C)CC[C@]2(C)CC[C@]3(C)C(=CC(=O)[C@@H]4[C@@]5(C)CC[C@H](O)C(C)(C)[C@@H]5CC[C@]43C)[C@H]2C1. The first-order valence-corrected chi connectivity index (χ1v) is 34.9. The molecule has 0 spiro atoms. The summed E-state index contributed by atoms with van der Waals surface area (Å²) in [5.74, 6) is 0.945. The molecular formula is C72H117IO8. The van der Waals surface area contributed by atoms with Gasteiger partial charge >= 0.3 is 11.9 Å². The predicted octanol–water partition coefficient (Wildman–Crippen LogP) is 17.9. The molecule has 0 bridgehead atoms. The second-order valence-corrected chi connectivity index (χ2v) is 34.6. The molecule has 8 nitrogen and oxygen atoms in total. The monoisotopic (exact) mass is 1240 g/mol. The largest absolute Gasteiger partial charge is 0.481 e. The minimum absolute atomic E-state index is 0.00769. The molecule has 0 aromatic heterocycles. The molecular weight excluding hydrogens is 1120 g/mol. The average molecular weight is 1240 g/mol. The van der Waals surface area contributed by atoms with Gasteiger partial charge < -0.3 is 20.1 Å². The fraction of sp³-hybridized carbons (Fsp3) is 0.889. The molecule has 10 rings (SSSR count). The number of hydrogen-bond acceptors (Lipinski definition) is 7. The van der Waals surface area contributed by atoms with Gasteiger partial charge in [-0.25, -0.2) is 0 Å². The van der Waals surface area contributed by atoms with Gasteiger partial charge in [-0.2, -0.15) is 0 Å². The Labute approximate surface area is 507 Å². The summed E-state index contributed by atoms with van der Waals surface area (Å²) in [6.07, 6.45) is 30.6. The van der Waals surface area contributed by atoms with E-state index in [0.717, 1.165) is 122 Å². The van der Waals surface area contributed by atoms with Crippen molar-refractivity contribution in [1.29, 1.82) is 0 Å². The maximum Gasteiger partial charge on any atom is 0.311 e. The zero-order valence-corrected chi connectivity index (χ0v) is 56.5. The van der Waals surface area contributed by atoms with Crippen LogP contribution in [0.1, 0.15) is 278 Å². The highest BCUT2D eigenvalue weighted by atomic mass is 127. The van der Waals surface area contributed by atoms with Crippen molar-refractivity contribution < 1.29 is 39.2 Å². The molecule has 0 amide bonds. The number of aliphatic carboxylic acids is 1. The zero-order chi connectivity index (χ0) is 60.0. The van der Waals surface area contributed by atoms with Crippen LogP contribution in [0.2, 0.25) is 0 Å². The van der Waals surface area contributed by atoms with Crippen molar-refractivity contribution in [3.05, 3.63) is 23.3 Å². The molecule has 0 aromatic rings.